The van der Waals surface area contributed by atoms with E-state index >= 15 is 0 Å². The molecule has 1 aliphatic carbocycles. The van der Waals surface area contributed by atoms with E-state index in [0.29, 0.717) is 24.6 Å². The first-order valence-corrected chi connectivity index (χ1v) is 7.56. The molecule has 114 valence electrons. The first-order valence-electron chi connectivity index (χ1n) is 7.56. The van der Waals surface area contributed by atoms with Crippen molar-refractivity contribution in [2.45, 2.75) is 31.9 Å². The lowest BCUT2D eigenvalue weighted by Crippen LogP contribution is -2.51. The van der Waals surface area contributed by atoms with Gasteiger partial charge in [0.1, 0.15) is 0 Å². The zero-order chi connectivity index (χ0) is 14.7. The van der Waals surface area contributed by atoms with Gasteiger partial charge in [0.15, 0.2) is 0 Å². The van der Waals surface area contributed by atoms with Crippen LogP contribution in [-0.2, 0) is 9.47 Å². The molecule has 2 fully saturated rings. The second kappa shape index (κ2) is 6.49. The van der Waals surface area contributed by atoms with Gasteiger partial charge in [0, 0.05) is 19.8 Å². The van der Waals surface area contributed by atoms with Crippen LogP contribution in [0.4, 0.5) is 0 Å². The van der Waals surface area contributed by atoms with Crippen LogP contribution >= 0.6 is 0 Å². The van der Waals surface area contributed by atoms with Crippen molar-refractivity contribution in [3.63, 3.8) is 0 Å². The maximum atomic E-state index is 12.6. The summed E-state index contributed by atoms with van der Waals surface area (Å²) in [6.45, 7) is 4.74. The van der Waals surface area contributed by atoms with Crippen molar-refractivity contribution in [2.75, 3.05) is 26.4 Å². The Morgan fingerprint density at radius 2 is 2.38 bits per heavy atom. The van der Waals surface area contributed by atoms with Crippen LogP contribution in [0.3, 0.4) is 0 Å². The van der Waals surface area contributed by atoms with Crippen molar-refractivity contribution < 1.29 is 14.3 Å². The minimum atomic E-state index is 0.0280. The third kappa shape index (κ3) is 3.06. The Morgan fingerprint density at radius 1 is 1.48 bits per heavy atom. The van der Waals surface area contributed by atoms with Crippen molar-refractivity contribution in [3.8, 4) is 0 Å². The van der Waals surface area contributed by atoms with Crippen molar-refractivity contribution in [3.05, 3.63) is 24.0 Å². The van der Waals surface area contributed by atoms with Crippen LogP contribution in [0.15, 0.2) is 18.5 Å². The molecule has 1 saturated heterocycles. The lowest BCUT2D eigenvalue weighted by molar-refractivity contribution is -0.0450. The third-order valence-electron chi connectivity index (χ3n) is 4.28. The normalized spacial score (nSPS) is 28.4. The van der Waals surface area contributed by atoms with Gasteiger partial charge in [-0.1, -0.05) is 0 Å². The van der Waals surface area contributed by atoms with Crippen molar-refractivity contribution in [1.82, 2.24) is 15.1 Å². The second-order valence-corrected chi connectivity index (χ2v) is 5.60. The number of nitrogens with zero attached hydrogens (tertiary/aromatic N) is 3. The predicted molar refractivity (Wildman–Crippen MR) is 75.8 cm³/mol. The molecule has 2 heterocycles. The lowest BCUT2D eigenvalue weighted by Gasteiger charge is -2.37. The van der Waals surface area contributed by atoms with Crippen LogP contribution in [0, 0.1) is 5.92 Å². The van der Waals surface area contributed by atoms with Crippen LogP contribution in [-0.4, -0.2) is 59.5 Å². The topological polar surface area (TPSA) is 64.6 Å². The van der Waals surface area contributed by atoms with E-state index in [1.165, 1.54) is 6.20 Å². The summed E-state index contributed by atoms with van der Waals surface area (Å²) < 4.78 is 11.4. The van der Waals surface area contributed by atoms with Crippen molar-refractivity contribution in [2.24, 2.45) is 5.92 Å². The maximum absolute atomic E-state index is 12.6. The molecule has 1 saturated carbocycles. The number of carbonyl (C=O) groups excluding carboxylic acids is 1. The fourth-order valence-electron chi connectivity index (χ4n) is 3.31. The van der Waals surface area contributed by atoms with Gasteiger partial charge in [-0.15, -0.1) is 0 Å². The number of hydrogen-bond donors (Lipinski definition) is 0. The Kier molecular flexibility index (Phi) is 4.45. The van der Waals surface area contributed by atoms with E-state index < -0.39 is 0 Å². The molecule has 0 aromatic carbocycles. The molecule has 6 heteroatoms. The SMILES string of the molecule is CCOCC1CC2OCCN(C(=O)c3ccnnc3)C2C1. The molecule has 2 aliphatic rings. The number of carbonyl (C=O) groups is 1. The molecule has 3 unspecified atom stereocenters. The highest BCUT2D eigenvalue weighted by Gasteiger charge is 2.43. The molecular formula is C15H21N3O3. The summed E-state index contributed by atoms with van der Waals surface area (Å²) in [4.78, 5) is 14.6. The summed E-state index contributed by atoms with van der Waals surface area (Å²) >= 11 is 0. The Hall–Kier alpha value is -1.53. The van der Waals surface area contributed by atoms with E-state index in [-0.39, 0.29) is 18.1 Å². The summed E-state index contributed by atoms with van der Waals surface area (Å²) in [6, 6.07) is 1.87. The summed E-state index contributed by atoms with van der Waals surface area (Å²) in [5.74, 6) is 0.504. The largest absolute Gasteiger partial charge is 0.381 e. The Bertz CT molecular complexity index is 482. The second-order valence-electron chi connectivity index (χ2n) is 5.60. The first kappa shape index (κ1) is 14.4. The van der Waals surface area contributed by atoms with Gasteiger partial charge in [0.05, 0.1) is 36.7 Å². The number of fused-ring (bicyclic) bond motifs is 1. The molecule has 0 spiro atoms. The maximum Gasteiger partial charge on any atom is 0.255 e. The minimum absolute atomic E-state index is 0.0280. The Labute approximate surface area is 124 Å². The van der Waals surface area contributed by atoms with Gasteiger partial charge in [-0.2, -0.15) is 10.2 Å². The first-order chi connectivity index (χ1) is 10.3. The molecule has 1 amide bonds. The monoisotopic (exact) mass is 291 g/mol. The van der Waals surface area contributed by atoms with Gasteiger partial charge in [-0.3, -0.25) is 4.79 Å². The molecular weight excluding hydrogens is 270 g/mol. The molecule has 3 rings (SSSR count). The number of rotatable bonds is 4. The number of morpholine rings is 1. The molecule has 6 nitrogen and oxygen atoms in total. The molecule has 1 aliphatic heterocycles. The predicted octanol–water partition coefficient (Wildman–Crippen LogP) is 1.13. The molecule has 1 aromatic rings. The van der Waals surface area contributed by atoms with E-state index in [1.807, 2.05) is 11.8 Å². The number of aromatic nitrogens is 2. The van der Waals surface area contributed by atoms with Crippen LogP contribution in [0.1, 0.15) is 30.1 Å². The van der Waals surface area contributed by atoms with Crippen LogP contribution in [0.2, 0.25) is 0 Å². The van der Waals surface area contributed by atoms with Crippen molar-refractivity contribution in [1.29, 1.82) is 0 Å². The van der Waals surface area contributed by atoms with Crippen LogP contribution < -0.4 is 0 Å². The summed E-state index contributed by atoms with van der Waals surface area (Å²) in [5.41, 5.74) is 0.596. The molecule has 21 heavy (non-hydrogen) atoms. The van der Waals surface area contributed by atoms with Crippen LogP contribution in [0.25, 0.3) is 0 Å². The van der Waals surface area contributed by atoms with Crippen molar-refractivity contribution >= 4 is 5.91 Å². The van der Waals surface area contributed by atoms with Gasteiger partial charge in [-0.25, -0.2) is 0 Å². The number of hydrogen-bond acceptors (Lipinski definition) is 5. The van der Waals surface area contributed by atoms with Gasteiger partial charge >= 0.3 is 0 Å². The minimum Gasteiger partial charge on any atom is -0.381 e. The van der Waals surface area contributed by atoms with E-state index in [4.69, 9.17) is 9.47 Å². The lowest BCUT2D eigenvalue weighted by atomic mass is 10.1. The summed E-state index contributed by atoms with van der Waals surface area (Å²) in [5, 5.41) is 7.52. The average molecular weight is 291 g/mol. The highest BCUT2D eigenvalue weighted by molar-refractivity contribution is 5.94. The van der Waals surface area contributed by atoms with Gasteiger partial charge < -0.3 is 14.4 Å². The fourth-order valence-corrected chi connectivity index (χ4v) is 3.31. The standard InChI is InChI=1S/C15H21N3O3/c1-2-20-10-11-7-13-14(8-11)21-6-5-18(13)15(19)12-3-4-16-17-9-12/h3-4,9,11,13-14H,2,5-8,10H2,1H3. The van der Waals surface area contributed by atoms with E-state index in [2.05, 4.69) is 10.2 Å². The zero-order valence-corrected chi connectivity index (χ0v) is 12.3. The zero-order valence-electron chi connectivity index (χ0n) is 12.3. The van der Waals surface area contributed by atoms with Gasteiger partial charge in [0.2, 0.25) is 0 Å². The van der Waals surface area contributed by atoms with Gasteiger partial charge in [-0.05, 0) is 31.7 Å². The molecule has 0 radical (unpaired) electrons. The Balaban J connectivity index is 1.70. The number of amides is 1. The third-order valence-corrected chi connectivity index (χ3v) is 4.28. The fraction of sp³-hybridized carbons (Fsp3) is 0.667. The quantitative estimate of drug-likeness (QED) is 0.832. The average Bonchev–Trinajstić information content (AvgIpc) is 2.96. The van der Waals surface area contributed by atoms with Crippen LogP contribution in [0.5, 0.6) is 0 Å². The molecule has 0 N–H and O–H groups in total. The molecule has 1 aromatic heterocycles. The van der Waals surface area contributed by atoms with E-state index in [0.717, 1.165) is 26.1 Å². The highest BCUT2D eigenvalue weighted by atomic mass is 16.5. The molecule has 3 atom stereocenters. The Morgan fingerprint density at radius 3 is 3.14 bits per heavy atom. The van der Waals surface area contributed by atoms with E-state index in [1.54, 1.807) is 12.3 Å². The summed E-state index contributed by atoms with van der Waals surface area (Å²) in [6.07, 6.45) is 5.15. The van der Waals surface area contributed by atoms with E-state index in [9.17, 15) is 4.79 Å². The highest BCUT2D eigenvalue weighted by Crippen LogP contribution is 2.35. The number of ether oxygens (including phenoxy) is 2. The summed E-state index contributed by atoms with van der Waals surface area (Å²) in [7, 11) is 0. The smallest absolute Gasteiger partial charge is 0.255 e. The molecule has 0 bridgehead atoms. The van der Waals surface area contributed by atoms with Gasteiger partial charge in [0.25, 0.3) is 5.91 Å².